The Balaban J connectivity index is 1.35. The van der Waals surface area contributed by atoms with Crippen molar-refractivity contribution in [3.8, 4) is 5.75 Å². The van der Waals surface area contributed by atoms with Crippen molar-refractivity contribution in [2.24, 2.45) is 5.41 Å². The molecule has 1 saturated carbocycles. The standard InChI is InChI=1S/C30H33N3O5/c1-21(31-29(35)30(17-5-6-18-30)20-23-11-15-25(38-2)16-12-23)19-22-9-13-24(14-10-22)32-28(34)26-7-3-4-8-27(26)33(36)37/h3-4,7-16,21H,5-6,17-20H2,1-2H3,(H,31,35)(H,32,34). The summed E-state index contributed by atoms with van der Waals surface area (Å²) < 4.78 is 5.26. The number of methoxy groups -OCH3 is 1. The van der Waals surface area contributed by atoms with Crippen LogP contribution in [-0.4, -0.2) is 29.9 Å². The lowest BCUT2D eigenvalue weighted by Gasteiger charge is -2.30. The third kappa shape index (κ3) is 6.37. The molecule has 1 unspecified atom stereocenters. The maximum atomic E-state index is 13.4. The van der Waals surface area contributed by atoms with Gasteiger partial charge in [0.25, 0.3) is 11.6 Å². The minimum atomic E-state index is -0.569. The highest BCUT2D eigenvalue weighted by atomic mass is 16.6. The lowest BCUT2D eigenvalue weighted by atomic mass is 9.79. The van der Waals surface area contributed by atoms with Crippen LogP contribution in [0.25, 0.3) is 0 Å². The third-order valence-electron chi connectivity index (χ3n) is 7.22. The van der Waals surface area contributed by atoms with E-state index in [9.17, 15) is 19.7 Å². The zero-order chi connectivity index (χ0) is 27.1. The summed E-state index contributed by atoms with van der Waals surface area (Å²) >= 11 is 0. The van der Waals surface area contributed by atoms with Gasteiger partial charge in [-0.3, -0.25) is 19.7 Å². The number of carbonyl (C=O) groups is 2. The average molecular weight is 516 g/mol. The number of nitrogens with zero attached hydrogens (tertiary/aromatic N) is 1. The molecule has 0 bridgehead atoms. The monoisotopic (exact) mass is 515 g/mol. The van der Waals surface area contributed by atoms with Crippen LogP contribution in [-0.2, 0) is 17.6 Å². The van der Waals surface area contributed by atoms with E-state index in [4.69, 9.17) is 4.74 Å². The van der Waals surface area contributed by atoms with Gasteiger partial charge in [0, 0.05) is 17.8 Å². The SMILES string of the molecule is COc1ccc(CC2(C(=O)NC(C)Cc3ccc(NC(=O)c4ccccc4[N+](=O)[O-])cc3)CCCC2)cc1. The number of nitro benzene ring substituents is 1. The molecule has 0 heterocycles. The lowest BCUT2D eigenvalue weighted by molar-refractivity contribution is -0.385. The van der Waals surface area contributed by atoms with Gasteiger partial charge >= 0.3 is 0 Å². The second-order valence-corrected chi connectivity index (χ2v) is 10.0. The normalized spacial score (nSPS) is 14.9. The summed E-state index contributed by atoms with van der Waals surface area (Å²) in [6, 6.07) is 21.0. The lowest BCUT2D eigenvalue weighted by Crippen LogP contribution is -2.45. The fourth-order valence-electron chi connectivity index (χ4n) is 5.20. The first-order chi connectivity index (χ1) is 18.3. The third-order valence-corrected chi connectivity index (χ3v) is 7.22. The number of nitro groups is 1. The van der Waals surface area contributed by atoms with Gasteiger partial charge in [-0.2, -0.15) is 0 Å². The molecule has 1 aliphatic carbocycles. The summed E-state index contributed by atoms with van der Waals surface area (Å²) in [4.78, 5) is 36.7. The predicted molar refractivity (Wildman–Crippen MR) is 146 cm³/mol. The molecular formula is C30H33N3O5. The highest BCUT2D eigenvalue weighted by molar-refractivity contribution is 6.07. The van der Waals surface area contributed by atoms with Crippen LogP contribution in [0.1, 0.15) is 54.1 Å². The van der Waals surface area contributed by atoms with E-state index in [2.05, 4.69) is 10.6 Å². The summed E-state index contributed by atoms with van der Waals surface area (Å²) in [6.45, 7) is 2.00. The molecule has 4 rings (SSSR count). The van der Waals surface area contributed by atoms with Crippen LogP contribution in [0, 0.1) is 15.5 Å². The number of hydrogen-bond acceptors (Lipinski definition) is 5. The fourth-order valence-corrected chi connectivity index (χ4v) is 5.20. The molecule has 1 aliphatic rings. The van der Waals surface area contributed by atoms with Crippen molar-refractivity contribution >= 4 is 23.2 Å². The van der Waals surface area contributed by atoms with E-state index in [1.807, 2.05) is 43.3 Å². The van der Waals surface area contributed by atoms with Gasteiger partial charge in [-0.25, -0.2) is 0 Å². The van der Waals surface area contributed by atoms with Gasteiger partial charge in [-0.1, -0.05) is 49.2 Å². The molecule has 38 heavy (non-hydrogen) atoms. The van der Waals surface area contributed by atoms with Gasteiger partial charge in [0.2, 0.25) is 5.91 Å². The van der Waals surface area contributed by atoms with Gasteiger partial charge in [-0.05, 0) is 74.1 Å². The predicted octanol–water partition coefficient (Wildman–Crippen LogP) is 5.71. The van der Waals surface area contributed by atoms with Crippen LogP contribution in [0.2, 0.25) is 0 Å². The van der Waals surface area contributed by atoms with Crippen LogP contribution in [0.4, 0.5) is 11.4 Å². The van der Waals surface area contributed by atoms with Crippen LogP contribution in [0.15, 0.2) is 72.8 Å². The van der Waals surface area contributed by atoms with E-state index in [0.717, 1.165) is 42.6 Å². The molecule has 2 amide bonds. The molecule has 0 radical (unpaired) electrons. The number of ether oxygens (including phenoxy) is 1. The van der Waals surface area contributed by atoms with Crippen LogP contribution in [0.3, 0.4) is 0 Å². The number of hydrogen-bond donors (Lipinski definition) is 2. The van der Waals surface area contributed by atoms with Crippen molar-refractivity contribution in [1.82, 2.24) is 5.32 Å². The van der Waals surface area contributed by atoms with Crippen molar-refractivity contribution < 1.29 is 19.2 Å². The number of rotatable bonds is 10. The Kier molecular flexibility index (Phi) is 8.41. The Bertz CT molecular complexity index is 1280. The topological polar surface area (TPSA) is 111 Å². The van der Waals surface area contributed by atoms with Gasteiger partial charge < -0.3 is 15.4 Å². The molecule has 8 heteroatoms. The molecule has 0 aliphatic heterocycles. The molecule has 3 aromatic carbocycles. The summed E-state index contributed by atoms with van der Waals surface area (Å²) in [5.74, 6) is 0.371. The number of amides is 2. The first kappa shape index (κ1) is 26.9. The van der Waals surface area contributed by atoms with Crippen LogP contribution < -0.4 is 15.4 Å². The van der Waals surface area contributed by atoms with E-state index < -0.39 is 16.2 Å². The highest BCUT2D eigenvalue weighted by Gasteiger charge is 2.41. The number of carbonyl (C=O) groups excluding carboxylic acids is 2. The maximum Gasteiger partial charge on any atom is 0.282 e. The molecule has 8 nitrogen and oxygen atoms in total. The molecule has 2 N–H and O–H groups in total. The van der Waals surface area contributed by atoms with Gasteiger partial charge in [0.15, 0.2) is 0 Å². The molecule has 0 aromatic heterocycles. The minimum absolute atomic E-state index is 0.00777. The quantitative estimate of drug-likeness (QED) is 0.266. The van der Waals surface area contributed by atoms with E-state index >= 15 is 0 Å². The molecule has 1 atom stereocenters. The van der Waals surface area contributed by atoms with Crippen molar-refractivity contribution in [1.29, 1.82) is 0 Å². The smallest absolute Gasteiger partial charge is 0.282 e. The maximum absolute atomic E-state index is 13.4. The van der Waals surface area contributed by atoms with Crippen LogP contribution in [0.5, 0.6) is 5.75 Å². The summed E-state index contributed by atoms with van der Waals surface area (Å²) in [6.07, 6.45) is 5.22. The van der Waals surface area contributed by atoms with E-state index in [1.165, 1.54) is 18.2 Å². The highest BCUT2D eigenvalue weighted by Crippen LogP contribution is 2.41. The first-order valence-corrected chi connectivity index (χ1v) is 12.9. The Morgan fingerprint density at radius 2 is 1.61 bits per heavy atom. The van der Waals surface area contributed by atoms with Crippen LogP contribution >= 0.6 is 0 Å². The van der Waals surface area contributed by atoms with Crippen molar-refractivity contribution in [3.63, 3.8) is 0 Å². The Morgan fingerprint density at radius 1 is 0.974 bits per heavy atom. The number of benzene rings is 3. The van der Waals surface area contributed by atoms with Crippen molar-refractivity contribution in [2.45, 2.75) is 51.5 Å². The summed E-state index contributed by atoms with van der Waals surface area (Å²) in [5.41, 5.74) is 2.06. The zero-order valence-electron chi connectivity index (χ0n) is 21.7. The Labute approximate surface area is 222 Å². The fraction of sp³-hybridized carbons (Fsp3) is 0.333. The largest absolute Gasteiger partial charge is 0.497 e. The molecule has 3 aromatic rings. The second-order valence-electron chi connectivity index (χ2n) is 10.0. The van der Waals surface area contributed by atoms with E-state index in [0.29, 0.717) is 18.5 Å². The molecule has 0 spiro atoms. The molecule has 1 fully saturated rings. The molecule has 198 valence electrons. The average Bonchev–Trinajstić information content (AvgIpc) is 3.40. The van der Waals surface area contributed by atoms with Gasteiger partial charge in [-0.15, -0.1) is 0 Å². The van der Waals surface area contributed by atoms with Crippen molar-refractivity contribution in [2.75, 3.05) is 12.4 Å². The molecule has 0 saturated heterocycles. The molecular weight excluding hydrogens is 482 g/mol. The number of nitrogens with one attached hydrogen (secondary N) is 2. The van der Waals surface area contributed by atoms with Crippen molar-refractivity contribution in [3.05, 3.63) is 99.6 Å². The Morgan fingerprint density at radius 3 is 2.24 bits per heavy atom. The van der Waals surface area contributed by atoms with E-state index in [-0.39, 0.29) is 23.2 Å². The minimum Gasteiger partial charge on any atom is -0.497 e. The van der Waals surface area contributed by atoms with Gasteiger partial charge in [0.05, 0.1) is 17.4 Å². The Hall–Kier alpha value is -4.20. The second kappa shape index (κ2) is 11.9. The number of para-hydroxylation sites is 1. The first-order valence-electron chi connectivity index (χ1n) is 12.9. The van der Waals surface area contributed by atoms with E-state index in [1.54, 1.807) is 25.3 Å². The number of anilines is 1. The summed E-state index contributed by atoms with van der Waals surface area (Å²) in [5, 5.41) is 17.2. The summed E-state index contributed by atoms with van der Waals surface area (Å²) in [7, 11) is 1.64. The van der Waals surface area contributed by atoms with Gasteiger partial charge in [0.1, 0.15) is 11.3 Å². The zero-order valence-corrected chi connectivity index (χ0v) is 21.7.